The van der Waals surface area contributed by atoms with E-state index in [9.17, 15) is 0 Å². The highest BCUT2D eigenvalue weighted by Crippen LogP contribution is 2.41. The predicted octanol–water partition coefficient (Wildman–Crippen LogP) is 4.50. The third-order valence-electron chi connectivity index (χ3n) is 5.08. The Hall–Kier alpha value is -0.0800. The number of hydrogen-bond donors (Lipinski definition) is 2. The normalized spacial score (nSPS) is 26.7. The van der Waals surface area contributed by atoms with Gasteiger partial charge in [-0.15, -0.1) is 0 Å². The highest BCUT2D eigenvalue weighted by molar-refractivity contribution is 4.85. The van der Waals surface area contributed by atoms with Crippen LogP contribution in [0.15, 0.2) is 0 Å². The maximum Gasteiger partial charge on any atom is 0.0238 e. The standard InChI is InChI=1S/C17H36N2/c1-13(2)7-6-8-16(19-18)14-9-11-15(12-10-14)17(3,4)5/h13-16,19H,6-12,18H2,1-5H3. The van der Waals surface area contributed by atoms with Gasteiger partial charge < -0.3 is 0 Å². The largest absolute Gasteiger partial charge is 0.271 e. The Labute approximate surface area is 120 Å². The molecule has 0 aliphatic heterocycles. The van der Waals surface area contributed by atoms with E-state index < -0.39 is 0 Å². The van der Waals surface area contributed by atoms with Crippen LogP contribution in [0.1, 0.15) is 79.6 Å². The van der Waals surface area contributed by atoms with E-state index in [0.717, 1.165) is 17.8 Å². The van der Waals surface area contributed by atoms with Crippen LogP contribution in [0, 0.1) is 23.2 Å². The SMILES string of the molecule is CC(C)CCCC(NN)C1CCC(C(C)(C)C)CC1. The molecule has 0 saturated heterocycles. The zero-order valence-corrected chi connectivity index (χ0v) is 13.8. The minimum absolute atomic E-state index is 0.480. The highest BCUT2D eigenvalue weighted by Gasteiger charge is 2.32. The van der Waals surface area contributed by atoms with Crippen LogP contribution < -0.4 is 11.3 Å². The first-order chi connectivity index (χ1) is 8.84. The number of hydrazine groups is 1. The van der Waals surface area contributed by atoms with Crippen LogP contribution in [0.2, 0.25) is 0 Å². The fourth-order valence-corrected chi connectivity index (χ4v) is 3.59. The average molecular weight is 268 g/mol. The predicted molar refractivity (Wildman–Crippen MR) is 84.7 cm³/mol. The lowest BCUT2D eigenvalue weighted by molar-refractivity contribution is 0.129. The van der Waals surface area contributed by atoms with Gasteiger partial charge in [-0.1, -0.05) is 47.5 Å². The summed E-state index contributed by atoms with van der Waals surface area (Å²) >= 11 is 0. The van der Waals surface area contributed by atoms with Crippen molar-refractivity contribution >= 4 is 0 Å². The summed E-state index contributed by atoms with van der Waals surface area (Å²) in [6.07, 6.45) is 9.38. The summed E-state index contributed by atoms with van der Waals surface area (Å²) in [5.74, 6) is 8.31. The van der Waals surface area contributed by atoms with E-state index in [4.69, 9.17) is 5.84 Å². The van der Waals surface area contributed by atoms with Gasteiger partial charge >= 0.3 is 0 Å². The monoisotopic (exact) mass is 268 g/mol. The summed E-state index contributed by atoms with van der Waals surface area (Å²) in [5.41, 5.74) is 3.58. The molecule has 0 aromatic heterocycles. The fraction of sp³-hybridized carbons (Fsp3) is 1.00. The Bertz CT molecular complexity index is 234. The van der Waals surface area contributed by atoms with Crippen molar-refractivity contribution in [2.45, 2.75) is 85.6 Å². The van der Waals surface area contributed by atoms with Crippen molar-refractivity contribution in [2.75, 3.05) is 0 Å². The van der Waals surface area contributed by atoms with E-state index in [1.165, 1.54) is 44.9 Å². The molecule has 0 bridgehead atoms. The zero-order chi connectivity index (χ0) is 14.5. The molecule has 1 atom stereocenters. The Balaban J connectivity index is 2.35. The van der Waals surface area contributed by atoms with Gasteiger partial charge in [0.2, 0.25) is 0 Å². The minimum Gasteiger partial charge on any atom is -0.271 e. The third-order valence-corrected chi connectivity index (χ3v) is 5.08. The first-order valence-corrected chi connectivity index (χ1v) is 8.30. The second-order valence-electron chi connectivity index (χ2n) is 8.08. The molecule has 2 nitrogen and oxygen atoms in total. The zero-order valence-electron chi connectivity index (χ0n) is 13.8. The molecule has 1 rings (SSSR count). The molecule has 2 heteroatoms. The van der Waals surface area contributed by atoms with Crippen LogP contribution in [-0.4, -0.2) is 6.04 Å². The van der Waals surface area contributed by atoms with Crippen LogP contribution >= 0.6 is 0 Å². The first-order valence-electron chi connectivity index (χ1n) is 8.30. The summed E-state index contributed by atoms with van der Waals surface area (Å²) in [6.45, 7) is 11.8. The molecule has 1 fully saturated rings. The van der Waals surface area contributed by atoms with Crippen LogP contribution in [-0.2, 0) is 0 Å². The molecule has 0 radical (unpaired) electrons. The second kappa shape index (κ2) is 7.64. The number of nitrogens with two attached hydrogens (primary N) is 1. The van der Waals surface area contributed by atoms with Gasteiger partial charge in [0.05, 0.1) is 0 Å². The molecular formula is C17H36N2. The molecular weight excluding hydrogens is 232 g/mol. The summed E-state index contributed by atoms with van der Waals surface area (Å²) < 4.78 is 0. The Morgan fingerprint density at radius 3 is 2.05 bits per heavy atom. The van der Waals surface area contributed by atoms with Gasteiger partial charge in [-0.3, -0.25) is 11.3 Å². The first kappa shape index (κ1) is 17.0. The van der Waals surface area contributed by atoms with E-state index in [-0.39, 0.29) is 0 Å². The van der Waals surface area contributed by atoms with Crippen molar-refractivity contribution in [3.8, 4) is 0 Å². The van der Waals surface area contributed by atoms with Crippen molar-refractivity contribution in [2.24, 2.45) is 29.0 Å². The molecule has 0 aromatic rings. The molecule has 3 N–H and O–H groups in total. The van der Waals surface area contributed by atoms with Gasteiger partial charge in [-0.25, -0.2) is 0 Å². The molecule has 1 unspecified atom stereocenters. The fourth-order valence-electron chi connectivity index (χ4n) is 3.59. The summed E-state index contributed by atoms with van der Waals surface area (Å²) in [5, 5.41) is 0. The van der Waals surface area contributed by atoms with Gasteiger partial charge in [-0.2, -0.15) is 0 Å². The van der Waals surface area contributed by atoms with Gasteiger partial charge in [0.15, 0.2) is 0 Å². The van der Waals surface area contributed by atoms with Gasteiger partial charge in [0.25, 0.3) is 0 Å². The number of hydrogen-bond acceptors (Lipinski definition) is 2. The maximum absolute atomic E-state index is 5.79. The second-order valence-corrected chi connectivity index (χ2v) is 8.08. The third kappa shape index (κ3) is 5.83. The smallest absolute Gasteiger partial charge is 0.0238 e. The summed E-state index contributed by atoms with van der Waals surface area (Å²) in [7, 11) is 0. The van der Waals surface area contributed by atoms with Crippen molar-refractivity contribution < 1.29 is 0 Å². The van der Waals surface area contributed by atoms with Crippen LogP contribution in [0.25, 0.3) is 0 Å². The lowest BCUT2D eigenvalue weighted by Crippen LogP contribution is -2.43. The van der Waals surface area contributed by atoms with E-state index in [1.54, 1.807) is 0 Å². The summed E-state index contributed by atoms with van der Waals surface area (Å²) in [4.78, 5) is 0. The quantitative estimate of drug-likeness (QED) is 0.550. The Morgan fingerprint density at radius 2 is 1.63 bits per heavy atom. The summed E-state index contributed by atoms with van der Waals surface area (Å²) in [6, 6.07) is 0.541. The maximum atomic E-state index is 5.79. The highest BCUT2D eigenvalue weighted by atomic mass is 15.2. The van der Waals surface area contributed by atoms with E-state index in [1.807, 2.05) is 0 Å². The van der Waals surface area contributed by atoms with E-state index >= 15 is 0 Å². The molecule has 19 heavy (non-hydrogen) atoms. The Morgan fingerprint density at radius 1 is 1.05 bits per heavy atom. The number of nitrogens with one attached hydrogen (secondary N) is 1. The van der Waals surface area contributed by atoms with Crippen LogP contribution in [0.3, 0.4) is 0 Å². The molecule has 1 aliphatic carbocycles. The molecule has 0 aromatic carbocycles. The van der Waals surface area contributed by atoms with Gasteiger partial charge in [-0.05, 0) is 55.3 Å². The van der Waals surface area contributed by atoms with Crippen LogP contribution in [0.4, 0.5) is 0 Å². The molecule has 0 heterocycles. The van der Waals surface area contributed by atoms with Crippen molar-refractivity contribution in [3.05, 3.63) is 0 Å². The number of rotatable bonds is 6. The Kier molecular flexibility index (Phi) is 6.82. The lowest BCUT2D eigenvalue weighted by Gasteiger charge is -2.39. The molecule has 0 spiro atoms. The average Bonchev–Trinajstić information content (AvgIpc) is 2.33. The topological polar surface area (TPSA) is 38.0 Å². The molecule has 1 aliphatic rings. The molecule has 0 amide bonds. The molecule has 1 saturated carbocycles. The van der Waals surface area contributed by atoms with Crippen molar-refractivity contribution in [3.63, 3.8) is 0 Å². The van der Waals surface area contributed by atoms with Crippen molar-refractivity contribution in [1.29, 1.82) is 0 Å². The lowest BCUT2D eigenvalue weighted by atomic mass is 9.68. The van der Waals surface area contributed by atoms with E-state index in [2.05, 4.69) is 40.0 Å². The van der Waals surface area contributed by atoms with Gasteiger partial charge in [0, 0.05) is 6.04 Å². The van der Waals surface area contributed by atoms with Crippen LogP contribution in [0.5, 0.6) is 0 Å². The van der Waals surface area contributed by atoms with Crippen molar-refractivity contribution in [1.82, 2.24) is 5.43 Å². The van der Waals surface area contributed by atoms with Gasteiger partial charge in [0.1, 0.15) is 0 Å². The van der Waals surface area contributed by atoms with E-state index in [0.29, 0.717) is 11.5 Å². The molecule has 114 valence electrons. The minimum atomic E-state index is 0.480.